The Morgan fingerprint density at radius 1 is 1.29 bits per heavy atom. The van der Waals surface area contributed by atoms with Gasteiger partial charge in [0.15, 0.2) is 5.57 Å². The maximum absolute atomic E-state index is 11.8. The van der Waals surface area contributed by atoms with Crippen molar-refractivity contribution in [2.24, 2.45) is 0 Å². The fourth-order valence-electron chi connectivity index (χ4n) is 1.48. The lowest BCUT2D eigenvalue weighted by atomic mass is 10.1. The number of nitrogens with zero attached hydrogens (tertiary/aromatic N) is 1. The van der Waals surface area contributed by atoms with Crippen molar-refractivity contribution in [3.63, 3.8) is 0 Å². The molecule has 0 heterocycles. The number of carbonyl (C=O) groups is 2. The predicted octanol–water partition coefficient (Wildman–Crippen LogP) is 1.45. The van der Waals surface area contributed by atoms with Crippen LogP contribution in [0, 0.1) is 11.3 Å². The highest BCUT2D eigenvalue weighted by Gasteiger charge is 2.09. The molecule has 0 bridgehead atoms. The van der Waals surface area contributed by atoms with E-state index in [2.05, 4.69) is 15.6 Å². The maximum Gasteiger partial charge on any atom is 0.350 e. The number of amides is 1. The van der Waals surface area contributed by atoms with Crippen LogP contribution in [0.15, 0.2) is 36.0 Å². The molecule has 1 aromatic carbocycles. The fourth-order valence-corrected chi connectivity index (χ4v) is 1.48. The van der Waals surface area contributed by atoms with E-state index in [1.165, 1.54) is 0 Å². The van der Waals surface area contributed by atoms with E-state index in [0.717, 1.165) is 18.2 Å². The molecule has 0 spiro atoms. The van der Waals surface area contributed by atoms with Crippen molar-refractivity contribution in [1.29, 1.82) is 5.26 Å². The number of esters is 1. The van der Waals surface area contributed by atoms with Gasteiger partial charge in [0, 0.05) is 11.8 Å². The standard InChI is InChI=1S/C15H17N3O3/c1-3-11-5-7-12(8-6-11)14(19)18-17-10-13(9-16)15(20)21-4-2/h5-8,10,17H,3-4H2,1-2H3,(H,18,19)/b13-10+. The third kappa shape index (κ3) is 4.99. The largest absolute Gasteiger partial charge is 0.462 e. The van der Waals surface area contributed by atoms with E-state index >= 15 is 0 Å². The number of benzene rings is 1. The summed E-state index contributed by atoms with van der Waals surface area (Å²) in [5.41, 5.74) is 6.18. The van der Waals surface area contributed by atoms with Crippen molar-refractivity contribution in [1.82, 2.24) is 10.9 Å². The zero-order valence-electron chi connectivity index (χ0n) is 12.0. The normalized spacial score (nSPS) is 10.4. The van der Waals surface area contributed by atoms with Gasteiger partial charge in [-0.1, -0.05) is 19.1 Å². The van der Waals surface area contributed by atoms with Gasteiger partial charge in [-0.05, 0) is 31.0 Å². The highest BCUT2D eigenvalue weighted by molar-refractivity contribution is 5.94. The molecule has 1 rings (SSSR count). The fraction of sp³-hybridized carbons (Fsp3) is 0.267. The summed E-state index contributed by atoms with van der Waals surface area (Å²) < 4.78 is 4.68. The Morgan fingerprint density at radius 2 is 1.95 bits per heavy atom. The predicted molar refractivity (Wildman–Crippen MR) is 76.8 cm³/mol. The lowest BCUT2D eigenvalue weighted by molar-refractivity contribution is -0.138. The Hall–Kier alpha value is -2.81. The minimum Gasteiger partial charge on any atom is -0.462 e. The van der Waals surface area contributed by atoms with Crippen molar-refractivity contribution in [3.05, 3.63) is 47.2 Å². The van der Waals surface area contributed by atoms with Gasteiger partial charge < -0.3 is 10.2 Å². The second-order valence-electron chi connectivity index (χ2n) is 4.04. The Morgan fingerprint density at radius 3 is 2.48 bits per heavy atom. The molecule has 0 saturated heterocycles. The highest BCUT2D eigenvalue weighted by Crippen LogP contribution is 2.04. The van der Waals surface area contributed by atoms with Gasteiger partial charge in [0.2, 0.25) is 0 Å². The molecule has 0 radical (unpaired) electrons. The maximum atomic E-state index is 11.8. The minimum absolute atomic E-state index is 0.175. The van der Waals surface area contributed by atoms with Crippen molar-refractivity contribution in [3.8, 4) is 6.07 Å². The second kappa shape index (κ2) is 8.38. The summed E-state index contributed by atoms with van der Waals surface area (Å²) in [5.74, 6) is -1.11. The van der Waals surface area contributed by atoms with Crippen LogP contribution < -0.4 is 10.9 Å². The molecule has 6 heteroatoms. The van der Waals surface area contributed by atoms with E-state index in [1.54, 1.807) is 25.1 Å². The number of carbonyl (C=O) groups excluding carboxylic acids is 2. The number of nitriles is 1. The van der Waals surface area contributed by atoms with Crippen LogP contribution >= 0.6 is 0 Å². The summed E-state index contributed by atoms with van der Waals surface area (Å²) in [5, 5.41) is 8.79. The first-order valence-electron chi connectivity index (χ1n) is 6.54. The molecule has 1 aromatic rings. The number of hydrogen-bond acceptors (Lipinski definition) is 5. The number of hydrazine groups is 1. The van der Waals surface area contributed by atoms with Crippen LogP contribution in [-0.2, 0) is 16.0 Å². The number of hydrogen-bond donors (Lipinski definition) is 2. The van der Waals surface area contributed by atoms with Gasteiger partial charge >= 0.3 is 5.97 Å². The summed E-state index contributed by atoms with van der Waals surface area (Å²) in [6.45, 7) is 3.84. The molecule has 0 aromatic heterocycles. The van der Waals surface area contributed by atoms with Gasteiger partial charge in [-0.25, -0.2) is 4.79 Å². The zero-order chi connectivity index (χ0) is 15.7. The molecule has 0 aliphatic heterocycles. The first-order chi connectivity index (χ1) is 10.1. The average Bonchev–Trinajstić information content (AvgIpc) is 2.51. The van der Waals surface area contributed by atoms with Gasteiger partial charge in [0.05, 0.1) is 6.61 Å². The molecule has 1 amide bonds. The average molecular weight is 287 g/mol. The molecule has 0 aliphatic carbocycles. The lowest BCUT2D eigenvalue weighted by Crippen LogP contribution is -2.34. The third-order valence-electron chi connectivity index (χ3n) is 2.64. The summed E-state index contributed by atoms with van der Waals surface area (Å²) >= 11 is 0. The van der Waals surface area contributed by atoms with Crippen LogP contribution in [0.5, 0.6) is 0 Å². The van der Waals surface area contributed by atoms with Crippen molar-refractivity contribution in [2.75, 3.05) is 6.61 Å². The molecule has 0 saturated carbocycles. The number of rotatable bonds is 6. The second-order valence-corrected chi connectivity index (χ2v) is 4.04. The number of ether oxygens (including phenoxy) is 1. The lowest BCUT2D eigenvalue weighted by Gasteiger charge is -2.06. The van der Waals surface area contributed by atoms with E-state index in [1.807, 2.05) is 19.1 Å². The topological polar surface area (TPSA) is 91.2 Å². The summed E-state index contributed by atoms with van der Waals surface area (Å²) in [4.78, 5) is 23.1. The minimum atomic E-state index is -0.742. The van der Waals surface area contributed by atoms with E-state index in [4.69, 9.17) is 5.26 Å². The molecule has 6 nitrogen and oxygen atoms in total. The van der Waals surface area contributed by atoms with Crippen LogP contribution in [0.3, 0.4) is 0 Å². The van der Waals surface area contributed by atoms with E-state index in [0.29, 0.717) is 5.56 Å². The van der Waals surface area contributed by atoms with Crippen LogP contribution in [0.1, 0.15) is 29.8 Å². The Balaban J connectivity index is 2.59. The Bertz CT molecular complexity index is 571. The monoisotopic (exact) mass is 287 g/mol. The molecule has 21 heavy (non-hydrogen) atoms. The Kier molecular flexibility index (Phi) is 6.48. The zero-order valence-corrected chi connectivity index (χ0v) is 12.0. The van der Waals surface area contributed by atoms with Crippen LogP contribution in [0.25, 0.3) is 0 Å². The van der Waals surface area contributed by atoms with Gasteiger partial charge in [0.1, 0.15) is 6.07 Å². The van der Waals surface area contributed by atoms with Crippen LogP contribution in [0.4, 0.5) is 0 Å². The smallest absolute Gasteiger partial charge is 0.350 e. The highest BCUT2D eigenvalue weighted by atomic mass is 16.5. The van der Waals surface area contributed by atoms with E-state index < -0.39 is 5.97 Å². The van der Waals surface area contributed by atoms with Gasteiger partial charge in [0.25, 0.3) is 5.91 Å². The molecule has 110 valence electrons. The summed E-state index contributed by atoms with van der Waals surface area (Å²) in [7, 11) is 0. The van der Waals surface area contributed by atoms with Crippen LogP contribution in [0.2, 0.25) is 0 Å². The Labute approximate surface area is 123 Å². The first-order valence-corrected chi connectivity index (χ1v) is 6.54. The third-order valence-corrected chi connectivity index (χ3v) is 2.64. The van der Waals surface area contributed by atoms with Gasteiger partial charge in [-0.15, -0.1) is 0 Å². The van der Waals surface area contributed by atoms with Gasteiger partial charge in [-0.2, -0.15) is 5.26 Å². The van der Waals surface area contributed by atoms with Crippen molar-refractivity contribution >= 4 is 11.9 Å². The SMILES string of the molecule is CCOC(=O)/C(C#N)=C/NNC(=O)c1ccc(CC)cc1. The number of nitrogens with one attached hydrogen (secondary N) is 2. The van der Waals surface area contributed by atoms with E-state index in [9.17, 15) is 9.59 Å². The van der Waals surface area contributed by atoms with Crippen molar-refractivity contribution < 1.29 is 14.3 Å². The first kappa shape index (κ1) is 16.2. The molecular formula is C15H17N3O3. The molecule has 2 N–H and O–H groups in total. The summed E-state index contributed by atoms with van der Waals surface area (Å²) in [6, 6.07) is 8.83. The molecular weight excluding hydrogens is 270 g/mol. The molecule has 0 aliphatic rings. The molecule has 0 atom stereocenters. The van der Waals surface area contributed by atoms with Gasteiger partial charge in [-0.3, -0.25) is 10.2 Å². The van der Waals surface area contributed by atoms with E-state index in [-0.39, 0.29) is 18.1 Å². The van der Waals surface area contributed by atoms with Crippen LogP contribution in [-0.4, -0.2) is 18.5 Å². The quantitative estimate of drug-likeness (QED) is 0.358. The number of aryl methyl sites for hydroxylation is 1. The molecule has 0 unspecified atom stereocenters. The van der Waals surface area contributed by atoms with Crippen molar-refractivity contribution in [2.45, 2.75) is 20.3 Å². The summed E-state index contributed by atoms with van der Waals surface area (Å²) in [6.07, 6.45) is 1.99. The molecule has 0 fully saturated rings.